The standard InChI is InChI=1S/C84H164O17P2/c1-7-9-11-13-15-17-19-21-23-30-34-38-42-48-54-60-66-81(86)94-72-79(100-83(88)68-63-57-50-44-40-36-32-28-26-25-27-29-33-37-41-46-52-58-64-76(3)4)74-98-102(90,91)96-70-78(85)71-97-103(92,93)99-75-80(73-95-82(87)67-61-55-51-45-47-53-59-65-77(5)6)101-84(89)69-62-56-49-43-39-35-31-24-22-20-18-16-14-12-10-8-2/h76-80,85H,7-75H2,1-6H3,(H,90,91)(H,92,93)/t78-,79-,80-/m1/s1. The SMILES string of the molecule is CCCCCCCCCCCCCCCCCCC(=O)OC[C@H](COP(=O)(O)OC[C@@H](O)COP(=O)(O)OC[C@@H](COC(=O)CCCCCCCCCC(C)C)OC(=O)CCCCCCCCCCCCCCCCCC)OC(=O)CCCCCCCCCCCCCCCCCCCCC(C)C. The summed E-state index contributed by atoms with van der Waals surface area (Å²) < 4.78 is 68.8. The van der Waals surface area contributed by atoms with Gasteiger partial charge in [0, 0.05) is 25.7 Å². The van der Waals surface area contributed by atoms with Gasteiger partial charge < -0.3 is 33.8 Å². The molecule has 2 unspecified atom stereocenters. The van der Waals surface area contributed by atoms with Gasteiger partial charge in [-0.1, -0.05) is 395 Å². The monoisotopic (exact) mass is 1510 g/mol. The van der Waals surface area contributed by atoms with Crippen LogP contribution in [0.3, 0.4) is 0 Å². The Morgan fingerprint density at radius 3 is 0.660 bits per heavy atom. The molecule has 612 valence electrons. The molecule has 0 aromatic rings. The Morgan fingerprint density at radius 2 is 0.447 bits per heavy atom. The Bertz CT molecular complexity index is 1980. The van der Waals surface area contributed by atoms with Crippen LogP contribution in [0, 0.1) is 11.8 Å². The van der Waals surface area contributed by atoms with Gasteiger partial charge in [0.1, 0.15) is 19.3 Å². The van der Waals surface area contributed by atoms with Gasteiger partial charge in [-0.15, -0.1) is 0 Å². The van der Waals surface area contributed by atoms with Gasteiger partial charge in [0.05, 0.1) is 26.4 Å². The second-order valence-electron chi connectivity index (χ2n) is 31.2. The molecular formula is C84H164O17P2. The zero-order chi connectivity index (χ0) is 75.6. The minimum atomic E-state index is -4.96. The average Bonchev–Trinajstić information content (AvgIpc) is 0.988. The molecule has 0 rings (SSSR count). The van der Waals surface area contributed by atoms with Crippen molar-refractivity contribution in [2.45, 2.75) is 464 Å². The summed E-state index contributed by atoms with van der Waals surface area (Å²) in [6.07, 6.45) is 66.7. The highest BCUT2D eigenvalue weighted by atomic mass is 31.2. The van der Waals surface area contributed by atoms with Crippen molar-refractivity contribution >= 4 is 39.5 Å². The average molecular weight is 1510 g/mol. The predicted octanol–water partition coefficient (Wildman–Crippen LogP) is 25.5. The molecule has 0 fully saturated rings. The van der Waals surface area contributed by atoms with Crippen molar-refractivity contribution in [2.24, 2.45) is 11.8 Å². The van der Waals surface area contributed by atoms with E-state index in [-0.39, 0.29) is 25.7 Å². The molecule has 103 heavy (non-hydrogen) atoms. The minimum Gasteiger partial charge on any atom is -0.462 e. The molecule has 0 aliphatic heterocycles. The van der Waals surface area contributed by atoms with Crippen LogP contribution in [0.25, 0.3) is 0 Å². The zero-order valence-electron chi connectivity index (χ0n) is 67.6. The van der Waals surface area contributed by atoms with Crippen molar-refractivity contribution in [3.05, 3.63) is 0 Å². The van der Waals surface area contributed by atoms with Gasteiger partial charge in [0.15, 0.2) is 12.2 Å². The van der Waals surface area contributed by atoms with E-state index in [0.717, 1.165) is 102 Å². The molecule has 0 heterocycles. The van der Waals surface area contributed by atoms with Crippen molar-refractivity contribution < 1.29 is 80.2 Å². The second kappa shape index (κ2) is 75.5. The number of carbonyl (C=O) groups excluding carboxylic acids is 4. The van der Waals surface area contributed by atoms with Gasteiger partial charge in [-0.2, -0.15) is 0 Å². The van der Waals surface area contributed by atoms with Crippen molar-refractivity contribution in [2.75, 3.05) is 39.6 Å². The van der Waals surface area contributed by atoms with Gasteiger partial charge in [0.2, 0.25) is 0 Å². The first kappa shape index (κ1) is 101. The summed E-state index contributed by atoms with van der Waals surface area (Å²) in [6.45, 7) is 9.64. The molecule has 3 N–H and O–H groups in total. The number of aliphatic hydroxyl groups is 1. The Hall–Kier alpha value is -1.94. The van der Waals surface area contributed by atoms with Crippen LogP contribution in [0.2, 0.25) is 0 Å². The first-order chi connectivity index (χ1) is 49.9. The van der Waals surface area contributed by atoms with E-state index in [4.69, 9.17) is 37.0 Å². The lowest BCUT2D eigenvalue weighted by atomic mass is 10.0. The zero-order valence-corrected chi connectivity index (χ0v) is 69.4. The highest BCUT2D eigenvalue weighted by Gasteiger charge is 2.30. The van der Waals surface area contributed by atoms with E-state index in [2.05, 4.69) is 41.5 Å². The summed E-state index contributed by atoms with van der Waals surface area (Å²) in [5.74, 6) is -0.579. The van der Waals surface area contributed by atoms with Crippen molar-refractivity contribution in [1.29, 1.82) is 0 Å². The van der Waals surface area contributed by atoms with Crippen LogP contribution in [-0.4, -0.2) is 96.7 Å². The molecule has 0 aromatic carbocycles. The summed E-state index contributed by atoms with van der Waals surface area (Å²) in [5, 5.41) is 10.7. The molecule has 0 aliphatic rings. The molecule has 5 atom stereocenters. The minimum absolute atomic E-state index is 0.108. The molecule has 19 heteroatoms. The van der Waals surface area contributed by atoms with Crippen molar-refractivity contribution in [1.82, 2.24) is 0 Å². The largest absolute Gasteiger partial charge is 0.472 e. The third-order valence-corrected chi connectivity index (χ3v) is 21.6. The fourth-order valence-corrected chi connectivity index (χ4v) is 14.6. The predicted molar refractivity (Wildman–Crippen MR) is 423 cm³/mol. The van der Waals surface area contributed by atoms with E-state index in [1.165, 1.54) is 257 Å². The molecule has 0 saturated heterocycles. The normalized spacial score (nSPS) is 13.9. The van der Waals surface area contributed by atoms with E-state index >= 15 is 0 Å². The first-order valence-corrected chi connectivity index (χ1v) is 46.5. The van der Waals surface area contributed by atoms with Crippen LogP contribution >= 0.6 is 15.6 Å². The molecule has 0 aliphatic carbocycles. The van der Waals surface area contributed by atoms with E-state index in [1.807, 2.05) is 0 Å². The smallest absolute Gasteiger partial charge is 0.462 e. The summed E-state index contributed by atoms with van der Waals surface area (Å²) in [4.78, 5) is 73.1. The molecule has 0 radical (unpaired) electrons. The Balaban J connectivity index is 5.22. The molecular weight excluding hydrogens is 1340 g/mol. The van der Waals surface area contributed by atoms with E-state index in [9.17, 15) is 43.2 Å². The third kappa shape index (κ3) is 78.0. The lowest BCUT2D eigenvalue weighted by molar-refractivity contribution is -0.161. The number of hydrogen-bond acceptors (Lipinski definition) is 15. The van der Waals surface area contributed by atoms with Crippen LogP contribution in [-0.2, 0) is 65.4 Å². The lowest BCUT2D eigenvalue weighted by Gasteiger charge is -2.21. The summed E-state index contributed by atoms with van der Waals surface area (Å²) in [7, 11) is -9.92. The number of phosphoric acid groups is 2. The van der Waals surface area contributed by atoms with Crippen LogP contribution < -0.4 is 0 Å². The second-order valence-corrected chi connectivity index (χ2v) is 34.1. The molecule has 0 amide bonds. The first-order valence-electron chi connectivity index (χ1n) is 43.5. The topological polar surface area (TPSA) is 237 Å². The lowest BCUT2D eigenvalue weighted by Crippen LogP contribution is -2.30. The van der Waals surface area contributed by atoms with Crippen molar-refractivity contribution in [3.8, 4) is 0 Å². The highest BCUT2D eigenvalue weighted by Crippen LogP contribution is 2.45. The van der Waals surface area contributed by atoms with Crippen LogP contribution in [0.5, 0.6) is 0 Å². The fraction of sp³-hybridized carbons (Fsp3) is 0.952. The highest BCUT2D eigenvalue weighted by molar-refractivity contribution is 7.47. The number of carbonyl (C=O) groups is 4. The summed E-state index contributed by atoms with van der Waals surface area (Å²) >= 11 is 0. The molecule has 0 saturated carbocycles. The summed E-state index contributed by atoms with van der Waals surface area (Å²) in [6, 6.07) is 0. The van der Waals surface area contributed by atoms with Gasteiger partial charge in [-0.05, 0) is 37.5 Å². The van der Waals surface area contributed by atoms with Crippen LogP contribution in [0.1, 0.15) is 446 Å². The van der Waals surface area contributed by atoms with E-state index in [1.54, 1.807) is 0 Å². The van der Waals surface area contributed by atoms with Crippen molar-refractivity contribution in [3.63, 3.8) is 0 Å². The van der Waals surface area contributed by atoms with Crippen LogP contribution in [0.15, 0.2) is 0 Å². The number of esters is 4. The molecule has 0 spiro atoms. The number of rotatable bonds is 83. The maximum Gasteiger partial charge on any atom is 0.472 e. The Labute approximate surface area is 632 Å². The maximum absolute atomic E-state index is 13.1. The van der Waals surface area contributed by atoms with E-state index < -0.39 is 97.5 Å². The number of hydrogen-bond donors (Lipinski definition) is 3. The van der Waals surface area contributed by atoms with Gasteiger partial charge in [0.25, 0.3) is 0 Å². The summed E-state index contributed by atoms with van der Waals surface area (Å²) in [5.41, 5.74) is 0. The number of unbranched alkanes of at least 4 members (excludes halogenated alkanes) is 53. The third-order valence-electron chi connectivity index (χ3n) is 19.7. The number of ether oxygens (including phenoxy) is 4. The van der Waals surface area contributed by atoms with Crippen LogP contribution in [0.4, 0.5) is 0 Å². The number of phosphoric ester groups is 2. The molecule has 0 bridgehead atoms. The van der Waals surface area contributed by atoms with Gasteiger partial charge in [-0.3, -0.25) is 37.3 Å². The van der Waals surface area contributed by atoms with Gasteiger partial charge in [-0.25, -0.2) is 9.13 Å². The molecule has 17 nitrogen and oxygen atoms in total. The van der Waals surface area contributed by atoms with E-state index in [0.29, 0.717) is 31.6 Å². The fourth-order valence-electron chi connectivity index (χ4n) is 13.1. The maximum atomic E-state index is 13.1. The number of aliphatic hydroxyl groups excluding tert-OH is 1. The van der Waals surface area contributed by atoms with Gasteiger partial charge >= 0.3 is 39.5 Å². The Morgan fingerprint density at radius 1 is 0.262 bits per heavy atom. The molecule has 0 aromatic heterocycles. The Kier molecular flexibility index (Phi) is 74.1. The quantitative estimate of drug-likeness (QED) is 0.0222.